The summed E-state index contributed by atoms with van der Waals surface area (Å²) in [7, 11) is 3.43. The van der Waals surface area contributed by atoms with Gasteiger partial charge >= 0.3 is 5.69 Å². The summed E-state index contributed by atoms with van der Waals surface area (Å²) in [5, 5.41) is 7.60. The second kappa shape index (κ2) is 8.91. The molecule has 5 aromatic rings. The van der Waals surface area contributed by atoms with Gasteiger partial charge in [-0.2, -0.15) is 5.10 Å². The molecule has 0 unspecified atom stereocenters. The predicted molar refractivity (Wildman–Crippen MR) is 131 cm³/mol. The summed E-state index contributed by atoms with van der Waals surface area (Å²) < 4.78 is 47.0. The lowest BCUT2D eigenvalue weighted by atomic mass is 10.1. The van der Waals surface area contributed by atoms with Crippen LogP contribution in [0.4, 0.5) is 18.9 Å². The van der Waals surface area contributed by atoms with Gasteiger partial charge in [-0.05, 0) is 37.6 Å². The number of anilines is 1. The smallest absolute Gasteiger partial charge is 0.332 e. The molecule has 3 heterocycles. The first kappa shape index (κ1) is 24.3. The normalized spacial score (nSPS) is 11.8. The number of benzene rings is 2. The van der Waals surface area contributed by atoms with Gasteiger partial charge < -0.3 is 9.88 Å². The summed E-state index contributed by atoms with van der Waals surface area (Å²) >= 11 is 0. The zero-order valence-corrected chi connectivity index (χ0v) is 20.5. The lowest BCUT2D eigenvalue weighted by Crippen LogP contribution is -2.41. The van der Waals surface area contributed by atoms with Crippen molar-refractivity contribution in [2.24, 2.45) is 14.1 Å². The molecule has 192 valence electrons. The van der Waals surface area contributed by atoms with Crippen LogP contribution in [0.5, 0.6) is 0 Å². The molecule has 0 aliphatic heterocycles. The molecule has 13 heteroatoms. The molecule has 0 amide bonds. The van der Waals surface area contributed by atoms with Crippen LogP contribution in [0.3, 0.4) is 0 Å². The zero-order valence-electron chi connectivity index (χ0n) is 20.5. The molecule has 0 radical (unpaired) electrons. The summed E-state index contributed by atoms with van der Waals surface area (Å²) in [5.74, 6) is -4.15. The van der Waals surface area contributed by atoms with Gasteiger partial charge in [0.25, 0.3) is 5.56 Å². The van der Waals surface area contributed by atoms with E-state index in [0.29, 0.717) is 16.7 Å². The molecular weight excluding hydrogens is 489 g/mol. The molecule has 0 aliphatic carbocycles. The Morgan fingerprint density at radius 2 is 1.65 bits per heavy atom. The van der Waals surface area contributed by atoms with E-state index in [2.05, 4.69) is 20.4 Å². The Morgan fingerprint density at radius 1 is 0.946 bits per heavy atom. The van der Waals surface area contributed by atoms with E-state index in [1.807, 2.05) is 13.8 Å². The SMILES string of the molecule is CC(C)Nc1cc2c(c(=O)n(Cc3ncn(C)n3)c(=O)n2Cc2cc(F)c(F)c(F)c2)c2ncn(C)c12. The van der Waals surface area contributed by atoms with Gasteiger partial charge in [0, 0.05) is 20.1 Å². The minimum atomic E-state index is -1.61. The molecule has 1 N–H and O–H groups in total. The van der Waals surface area contributed by atoms with Crippen molar-refractivity contribution in [3.63, 3.8) is 0 Å². The van der Waals surface area contributed by atoms with Crippen molar-refractivity contribution in [1.82, 2.24) is 33.4 Å². The first-order valence-corrected chi connectivity index (χ1v) is 11.4. The van der Waals surface area contributed by atoms with Crippen molar-refractivity contribution in [1.29, 1.82) is 0 Å². The maximum absolute atomic E-state index is 14.0. The van der Waals surface area contributed by atoms with E-state index in [0.717, 1.165) is 16.7 Å². The Hall–Kier alpha value is -4.42. The van der Waals surface area contributed by atoms with Gasteiger partial charge in [-0.1, -0.05) is 0 Å². The number of halogens is 3. The van der Waals surface area contributed by atoms with E-state index in [4.69, 9.17) is 0 Å². The van der Waals surface area contributed by atoms with Crippen molar-refractivity contribution in [2.45, 2.75) is 33.0 Å². The lowest BCUT2D eigenvalue weighted by molar-refractivity contribution is 0.444. The van der Waals surface area contributed by atoms with Crippen LogP contribution in [0.25, 0.3) is 21.9 Å². The summed E-state index contributed by atoms with van der Waals surface area (Å²) in [6.45, 7) is 3.29. The highest BCUT2D eigenvalue weighted by atomic mass is 19.2. The molecule has 37 heavy (non-hydrogen) atoms. The molecule has 0 atom stereocenters. The van der Waals surface area contributed by atoms with Gasteiger partial charge in [-0.25, -0.2) is 27.9 Å². The summed E-state index contributed by atoms with van der Waals surface area (Å²) in [6, 6.07) is 3.28. The van der Waals surface area contributed by atoms with Crippen LogP contribution in [-0.4, -0.2) is 39.5 Å². The number of nitrogens with zero attached hydrogens (tertiary/aromatic N) is 7. The quantitative estimate of drug-likeness (QED) is 0.351. The van der Waals surface area contributed by atoms with Crippen molar-refractivity contribution < 1.29 is 13.2 Å². The van der Waals surface area contributed by atoms with Gasteiger partial charge in [-0.15, -0.1) is 0 Å². The van der Waals surface area contributed by atoms with Gasteiger partial charge in [0.15, 0.2) is 23.3 Å². The molecule has 0 bridgehead atoms. The summed E-state index contributed by atoms with van der Waals surface area (Å²) in [4.78, 5) is 36.0. The lowest BCUT2D eigenvalue weighted by Gasteiger charge is -2.18. The minimum absolute atomic E-state index is 0.000414. The highest BCUT2D eigenvalue weighted by molar-refractivity contribution is 6.08. The molecule has 0 aliphatic rings. The fourth-order valence-electron chi connectivity index (χ4n) is 4.42. The van der Waals surface area contributed by atoms with Crippen LogP contribution in [0, 0.1) is 17.5 Å². The number of nitrogens with one attached hydrogen (secondary N) is 1. The van der Waals surface area contributed by atoms with Gasteiger partial charge in [0.1, 0.15) is 11.8 Å². The van der Waals surface area contributed by atoms with E-state index in [1.54, 1.807) is 31.1 Å². The topological polar surface area (TPSA) is 105 Å². The number of hydrogen-bond donors (Lipinski definition) is 1. The third-order valence-electron chi connectivity index (χ3n) is 5.95. The minimum Gasteiger partial charge on any atom is -0.381 e. The van der Waals surface area contributed by atoms with E-state index < -0.39 is 28.7 Å². The third kappa shape index (κ3) is 4.15. The Bertz CT molecular complexity index is 1780. The molecule has 0 fully saturated rings. The second-order valence-corrected chi connectivity index (χ2v) is 9.14. The Labute approximate surface area is 207 Å². The van der Waals surface area contributed by atoms with Crippen LogP contribution < -0.4 is 16.6 Å². The maximum Gasteiger partial charge on any atom is 0.332 e. The van der Waals surface area contributed by atoms with Crippen molar-refractivity contribution >= 4 is 27.6 Å². The van der Waals surface area contributed by atoms with Crippen molar-refractivity contribution in [3.05, 3.63) is 80.5 Å². The highest BCUT2D eigenvalue weighted by Gasteiger charge is 2.22. The first-order valence-electron chi connectivity index (χ1n) is 11.4. The maximum atomic E-state index is 14.0. The number of rotatable bonds is 6. The first-order chi connectivity index (χ1) is 17.5. The Kier molecular flexibility index (Phi) is 5.85. The average Bonchev–Trinajstić information content (AvgIpc) is 3.42. The van der Waals surface area contributed by atoms with Crippen molar-refractivity contribution in [2.75, 3.05) is 5.32 Å². The monoisotopic (exact) mass is 512 g/mol. The molecule has 0 saturated carbocycles. The number of fused-ring (bicyclic) bond motifs is 3. The van der Waals surface area contributed by atoms with Crippen molar-refractivity contribution in [3.8, 4) is 0 Å². The molecule has 0 saturated heterocycles. The Morgan fingerprint density at radius 3 is 2.27 bits per heavy atom. The summed E-state index contributed by atoms with van der Waals surface area (Å²) in [5.41, 5.74) is 0.456. The van der Waals surface area contributed by atoms with Crippen LogP contribution in [-0.2, 0) is 27.2 Å². The highest BCUT2D eigenvalue weighted by Crippen LogP contribution is 2.30. The van der Waals surface area contributed by atoms with Crippen LogP contribution in [0.15, 0.2) is 40.4 Å². The van der Waals surface area contributed by atoms with E-state index in [9.17, 15) is 22.8 Å². The molecule has 3 aromatic heterocycles. The molecule has 10 nitrogen and oxygen atoms in total. The molecule has 5 rings (SSSR count). The number of aryl methyl sites for hydroxylation is 2. The molecule has 2 aromatic carbocycles. The van der Waals surface area contributed by atoms with Gasteiger partial charge in [0.2, 0.25) is 0 Å². The number of hydrogen-bond acceptors (Lipinski definition) is 6. The largest absolute Gasteiger partial charge is 0.381 e. The fraction of sp³-hybridized carbons (Fsp3) is 0.292. The van der Waals surface area contributed by atoms with Gasteiger partial charge in [0.05, 0.1) is 41.5 Å². The van der Waals surface area contributed by atoms with E-state index in [-0.39, 0.29) is 41.4 Å². The molecular formula is C24H23F3N8O2. The second-order valence-electron chi connectivity index (χ2n) is 9.14. The Balaban J connectivity index is 1.85. The number of aromatic nitrogens is 7. The molecule has 0 spiro atoms. The fourth-order valence-corrected chi connectivity index (χ4v) is 4.42. The zero-order chi connectivity index (χ0) is 26.6. The van der Waals surface area contributed by atoms with Crippen LogP contribution >= 0.6 is 0 Å². The average molecular weight is 512 g/mol. The van der Waals surface area contributed by atoms with E-state index >= 15 is 0 Å². The standard InChI is InChI=1S/C24H23F3N8O2/c1-12(2)30-16-7-17-19(21-22(16)32(3)10-29-21)23(36)35(9-18-28-11-33(4)31-18)24(37)34(17)8-13-5-14(25)20(27)15(26)6-13/h5-7,10-12,30H,8-9H2,1-4H3. The predicted octanol–water partition coefficient (Wildman–Crippen LogP) is 2.51. The summed E-state index contributed by atoms with van der Waals surface area (Å²) in [6.07, 6.45) is 2.99. The van der Waals surface area contributed by atoms with Crippen LogP contribution in [0.2, 0.25) is 0 Å². The third-order valence-corrected chi connectivity index (χ3v) is 5.95. The number of imidazole rings is 1. The van der Waals surface area contributed by atoms with Gasteiger partial charge in [-0.3, -0.25) is 18.6 Å². The van der Waals surface area contributed by atoms with Crippen LogP contribution in [0.1, 0.15) is 25.2 Å². The van der Waals surface area contributed by atoms with E-state index in [1.165, 1.54) is 15.6 Å².